The van der Waals surface area contributed by atoms with Crippen molar-refractivity contribution in [3.05, 3.63) is 61.2 Å². The van der Waals surface area contributed by atoms with Gasteiger partial charge in [-0.25, -0.2) is 9.36 Å². The Morgan fingerprint density at radius 1 is 0.875 bits per heavy atom. The maximum Gasteiger partial charge on any atom is 0.152 e. The predicted molar refractivity (Wildman–Crippen MR) is 60.7 cm³/mol. The lowest BCUT2D eigenvalue weighted by atomic mass is 10.1. The van der Waals surface area contributed by atoms with Gasteiger partial charge in [0, 0.05) is 30.7 Å². The SMILES string of the molecule is C1=CC(C(n2cccn2)n2cccn2)C=C1. The van der Waals surface area contributed by atoms with Gasteiger partial charge in [0.15, 0.2) is 6.17 Å². The number of hydrogen-bond donors (Lipinski definition) is 0. The Hall–Kier alpha value is -2.10. The Morgan fingerprint density at radius 3 is 1.88 bits per heavy atom. The molecule has 4 heteroatoms. The first kappa shape index (κ1) is 9.15. The lowest BCUT2D eigenvalue weighted by Crippen LogP contribution is -2.24. The Kier molecular flexibility index (Phi) is 2.18. The molecule has 0 aliphatic heterocycles. The first-order valence-corrected chi connectivity index (χ1v) is 5.28. The molecule has 1 aliphatic rings. The van der Waals surface area contributed by atoms with E-state index in [0.29, 0.717) is 5.92 Å². The molecule has 0 aromatic carbocycles. The zero-order valence-electron chi connectivity index (χ0n) is 8.72. The zero-order chi connectivity index (χ0) is 10.8. The minimum absolute atomic E-state index is 0.0833. The fourth-order valence-corrected chi connectivity index (χ4v) is 2.00. The molecule has 0 saturated carbocycles. The normalized spacial score (nSPS) is 15.3. The number of hydrogen-bond acceptors (Lipinski definition) is 2. The van der Waals surface area contributed by atoms with Crippen LogP contribution in [0.5, 0.6) is 0 Å². The summed E-state index contributed by atoms with van der Waals surface area (Å²) in [5, 5.41) is 8.61. The molecule has 2 aromatic heterocycles. The quantitative estimate of drug-likeness (QED) is 0.778. The van der Waals surface area contributed by atoms with Crippen molar-refractivity contribution in [2.45, 2.75) is 6.17 Å². The van der Waals surface area contributed by atoms with E-state index in [1.807, 2.05) is 33.9 Å². The van der Waals surface area contributed by atoms with Gasteiger partial charge in [-0.15, -0.1) is 0 Å². The van der Waals surface area contributed by atoms with Crippen LogP contribution in [0.2, 0.25) is 0 Å². The smallest absolute Gasteiger partial charge is 0.152 e. The van der Waals surface area contributed by atoms with Crippen LogP contribution in [0.25, 0.3) is 0 Å². The van der Waals surface area contributed by atoms with Crippen LogP contribution < -0.4 is 0 Å². The summed E-state index contributed by atoms with van der Waals surface area (Å²) in [4.78, 5) is 0. The lowest BCUT2D eigenvalue weighted by Gasteiger charge is -2.22. The summed E-state index contributed by atoms with van der Waals surface area (Å²) in [6.07, 6.45) is 16.0. The van der Waals surface area contributed by atoms with Crippen LogP contribution in [-0.2, 0) is 0 Å². The van der Waals surface area contributed by atoms with Gasteiger partial charge in [0.25, 0.3) is 0 Å². The van der Waals surface area contributed by atoms with Crippen molar-refractivity contribution in [3.8, 4) is 0 Å². The molecule has 4 nitrogen and oxygen atoms in total. The highest BCUT2D eigenvalue weighted by molar-refractivity contribution is 5.19. The van der Waals surface area contributed by atoms with Crippen LogP contribution in [0.1, 0.15) is 6.17 Å². The predicted octanol–water partition coefficient (Wildman–Crippen LogP) is 1.87. The second kappa shape index (κ2) is 3.81. The van der Waals surface area contributed by atoms with Crippen molar-refractivity contribution < 1.29 is 0 Å². The number of rotatable bonds is 3. The van der Waals surface area contributed by atoms with Gasteiger partial charge >= 0.3 is 0 Å². The highest BCUT2D eigenvalue weighted by atomic mass is 15.4. The topological polar surface area (TPSA) is 35.6 Å². The van der Waals surface area contributed by atoms with Gasteiger partial charge in [-0.1, -0.05) is 24.3 Å². The largest absolute Gasteiger partial charge is 0.247 e. The maximum absolute atomic E-state index is 4.31. The average molecular weight is 212 g/mol. The van der Waals surface area contributed by atoms with E-state index in [1.54, 1.807) is 12.4 Å². The van der Waals surface area contributed by atoms with Crippen molar-refractivity contribution in [1.29, 1.82) is 0 Å². The zero-order valence-corrected chi connectivity index (χ0v) is 8.72. The van der Waals surface area contributed by atoms with E-state index in [1.165, 1.54) is 0 Å². The fraction of sp³-hybridized carbons (Fsp3) is 0.167. The fourth-order valence-electron chi connectivity index (χ4n) is 2.00. The summed E-state index contributed by atoms with van der Waals surface area (Å²) in [7, 11) is 0. The second-order valence-corrected chi connectivity index (χ2v) is 3.73. The van der Waals surface area contributed by atoms with E-state index in [0.717, 1.165) is 0 Å². The van der Waals surface area contributed by atoms with E-state index < -0.39 is 0 Å². The van der Waals surface area contributed by atoms with Crippen LogP contribution in [0.4, 0.5) is 0 Å². The third-order valence-corrected chi connectivity index (χ3v) is 2.71. The molecule has 0 bridgehead atoms. The molecular weight excluding hydrogens is 200 g/mol. The van der Waals surface area contributed by atoms with Gasteiger partial charge in [0.2, 0.25) is 0 Å². The highest BCUT2D eigenvalue weighted by Crippen LogP contribution is 2.24. The molecule has 3 rings (SSSR count). The van der Waals surface area contributed by atoms with E-state index in [9.17, 15) is 0 Å². The summed E-state index contributed by atoms with van der Waals surface area (Å²) in [6.45, 7) is 0. The molecule has 2 heterocycles. The molecule has 0 radical (unpaired) electrons. The molecule has 80 valence electrons. The van der Waals surface area contributed by atoms with Gasteiger partial charge in [-0.05, 0) is 12.1 Å². The lowest BCUT2D eigenvalue weighted by molar-refractivity contribution is 0.317. The number of nitrogens with zero attached hydrogens (tertiary/aromatic N) is 4. The minimum Gasteiger partial charge on any atom is -0.247 e. The first-order valence-electron chi connectivity index (χ1n) is 5.28. The van der Waals surface area contributed by atoms with Gasteiger partial charge < -0.3 is 0 Å². The molecule has 16 heavy (non-hydrogen) atoms. The summed E-state index contributed by atoms with van der Waals surface area (Å²) in [5.74, 6) is 0.305. The van der Waals surface area contributed by atoms with Crippen LogP contribution in [-0.4, -0.2) is 19.6 Å². The molecule has 1 aliphatic carbocycles. The molecule has 0 amide bonds. The van der Waals surface area contributed by atoms with Crippen molar-refractivity contribution in [3.63, 3.8) is 0 Å². The second-order valence-electron chi connectivity index (χ2n) is 3.73. The third-order valence-electron chi connectivity index (χ3n) is 2.71. The van der Waals surface area contributed by atoms with Gasteiger partial charge in [-0.3, -0.25) is 0 Å². The van der Waals surface area contributed by atoms with E-state index in [4.69, 9.17) is 0 Å². The molecule has 0 saturated heterocycles. The Labute approximate surface area is 93.5 Å². The van der Waals surface area contributed by atoms with Gasteiger partial charge in [0.1, 0.15) is 0 Å². The van der Waals surface area contributed by atoms with Crippen LogP contribution in [0.3, 0.4) is 0 Å². The van der Waals surface area contributed by atoms with Crippen molar-refractivity contribution in [2.75, 3.05) is 0 Å². The van der Waals surface area contributed by atoms with E-state index in [-0.39, 0.29) is 6.17 Å². The van der Waals surface area contributed by atoms with Crippen LogP contribution >= 0.6 is 0 Å². The van der Waals surface area contributed by atoms with Gasteiger partial charge in [-0.2, -0.15) is 10.2 Å². The summed E-state index contributed by atoms with van der Waals surface area (Å²) in [5.41, 5.74) is 0. The molecular formula is C12H12N4. The first-order chi connectivity index (χ1) is 7.95. The maximum atomic E-state index is 4.31. The van der Waals surface area contributed by atoms with E-state index in [2.05, 4.69) is 34.5 Å². The molecule has 0 atom stereocenters. The Balaban J connectivity index is 2.01. The van der Waals surface area contributed by atoms with E-state index >= 15 is 0 Å². The Bertz CT molecular complexity index is 447. The third kappa shape index (κ3) is 1.48. The summed E-state index contributed by atoms with van der Waals surface area (Å²) < 4.78 is 3.86. The number of allylic oxidation sites excluding steroid dienone is 4. The summed E-state index contributed by atoms with van der Waals surface area (Å²) in [6, 6.07) is 3.86. The molecule has 2 aromatic rings. The van der Waals surface area contributed by atoms with Crippen LogP contribution in [0, 0.1) is 5.92 Å². The highest BCUT2D eigenvalue weighted by Gasteiger charge is 2.22. The molecule has 0 unspecified atom stereocenters. The van der Waals surface area contributed by atoms with Crippen molar-refractivity contribution in [2.24, 2.45) is 5.92 Å². The van der Waals surface area contributed by atoms with Gasteiger partial charge in [0.05, 0.1) is 0 Å². The van der Waals surface area contributed by atoms with Crippen molar-refractivity contribution in [1.82, 2.24) is 19.6 Å². The molecule has 0 fully saturated rings. The standard InChI is InChI=1S/C12H12N4/c1-2-6-11(5-1)12(15-9-3-7-13-15)16-10-4-8-14-16/h1-12H. The summed E-state index contributed by atoms with van der Waals surface area (Å²) >= 11 is 0. The molecule has 0 spiro atoms. The molecule has 0 N–H and O–H groups in total. The van der Waals surface area contributed by atoms with Crippen LogP contribution in [0.15, 0.2) is 61.2 Å². The monoisotopic (exact) mass is 212 g/mol. The number of aromatic nitrogens is 4. The average Bonchev–Trinajstić information content (AvgIpc) is 3.02. The minimum atomic E-state index is 0.0833. The Morgan fingerprint density at radius 2 is 1.44 bits per heavy atom. The van der Waals surface area contributed by atoms with Crippen molar-refractivity contribution >= 4 is 0 Å².